The number of anilines is 2. The minimum atomic E-state index is -3.53. The molecule has 0 aliphatic carbocycles. The van der Waals surface area contributed by atoms with Gasteiger partial charge in [0.2, 0.25) is 10.0 Å². The zero-order chi connectivity index (χ0) is 19.6. The Morgan fingerprint density at radius 3 is 2.41 bits per heavy atom. The summed E-state index contributed by atoms with van der Waals surface area (Å²) < 4.78 is 32.7. The topological polar surface area (TPSA) is 78.9 Å². The molecule has 27 heavy (non-hydrogen) atoms. The SMILES string of the molecule is COc1ccc(S(=O)(=O)N2CCN(c3cc(N(C)C)cnn3)CC2)cc1C. The second-order valence-electron chi connectivity index (χ2n) is 6.69. The fourth-order valence-corrected chi connectivity index (χ4v) is 4.57. The van der Waals surface area contributed by atoms with Crippen molar-refractivity contribution in [3.63, 3.8) is 0 Å². The number of aromatic nitrogens is 2. The fourth-order valence-electron chi connectivity index (χ4n) is 3.06. The molecule has 0 amide bonds. The highest BCUT2D eigenvalue weighted by molar-refractivity contribution is 7.89. The van der Waals surface area contributed by atoms with Crippen LogP contribution in [0.25, 0.3) is 0 Å². The standard InChI is InChI=1S/C18H25N5O3S/c1-14-11-16(5-6-17(14)26-4)27(24,25)23-9-7-22(8-10-23)18-12-15(21(2)3)13-19-20-18/h5-6,11-13H,7-10H2,1-4H3. The van der Waals surface area contributed by atoms with Crippen LogP contribution in [0, 0.1) is 6.92 Å². The van der Waals surface area contributed by atoms with Crippen LogP contribution in [0.15, 0.2) is 35.4 Å². The highest BCUT2D eigenvalue weighted by Gasteiger charge is 2.29. The summed E-state index contributed by atoms with van der Waals surface area (Å²) in [6.45, 7) is 3.79. The van der Waals surface area contributed by atoms with E-state index in [4.69, 9.17) is 4.74 Å². The number of piperazine rings is 1. The molecule has 2 heterocycles. The van der Waals surface area contributed by atoms with E-state index in [1.54, 1.807) is 31.5 Å². The first kappa shape index (κ1) is 19.4. The Labute approximate surface area is 160 Å². The lowest BCUT2D eigenvalue weighted by Crippen LogP contribution is -2.49. The highest BCUT2D eigenvalue weighted by atomic mass is 32.2. The van der Waals surface area contributed by atoms with Gasteiger partial charge in [-0.3, -0.25) is 0 Å². The number of sulfonamides is 1. The number of ether oxygens (including phenoxy) is 1. The molecule has 2 aromatic rings. The largest absolute Gasteiger partial charge is 0.496 e. The summed E-state index contributed by atoms with van der Waals surface area (Å²) in [5.74, 6) is 1.44. The molecule has 0 radical (unpaired) electrons. The van der Waals surface area contributed by atoms with Gasteiger partial charge in [-0.1, -0.05) is 0 Å². The number of hydrogen-bond donors (Lipinski definition) is 0. The Balaban J connectivity index is 1.73. The van der Waals surface area contributed by atoms with Crippen LogP contribution in [0.5, 0.6) is 5.75 Å². The van der Waals surface area contributed by atoms with E-state index in [1.807, 2.05) is 32.0 Å². The molecular formula is C18H25N5O3S. The van der Waals surface area contributed by atoms with E-state index in [9.17, 15) is 8.42 Å². The van der Waals surface area contributed by atoms with Gasteiger partial charge in [-0.25, -0.2) is 8.42 Å². The van der Waals surface area contributed by atoms with Crippen molar-refractivity contribution >= 4 is 21.5 Å². The molecule has 0 saturated carbocycles. The predicted molar refractivity (Wildman–Crippen MR) is 105 cm³/mol. The first-order chi connectivity index (χ1) is 12.8. The van der Waals surface area contributed by atoms with E-state index in [0.717, 1.165) is 17.1 Å². The lowest BCUT2D eigenvalue weighted by molar-refractivity contribution is 0.383. The molecule has 0 unspecified atom stereocenters. The molecule has 1 aromatic heterocycles. The van der Waals surface area contributed by atoms with Crippen LogP contribution in [0.2, 0.25) is 0 Å². The molecule has 0 spiro atoms. The fraction of sp³-hybridized carbons (Fsp3) is 0.444. The third-order valence-corrected chi connectivity index (χ3v) is 6.60. The number of hydrogen-bond acceptors (Lipinski definition) is 7. The van der Waals surface area contributed by atoms with Gasteiger partial charge in [0.1, 0.15) is 5.75 Å². The van der Waals surface area contributed by atoms with Gasteiger partial charge in [0, 0.05) is 46.3 Å². The van der Waals surface area contributed by atoms with Crippen LogP contribution in [-0.2, 0) is 10.0 Å². The predicted octanol–water partition coefficient (Wildman–Crippen LogP) is 1.37. The third-order valence-electron chi connectivity index (χ3n) is 4.71. The molecule has 0 N–H and O–H groups in total. The van der Waals surface area contributed by atoms with Gasteiger partial charge in [-0.15, -0.1) is 5.10 Å². The number of rotatable bonds is 5. The van der Waals surface area contributed by atoms with Crippen molar-refractivity contribution in [2.24, 2.45) is 0 Å². The average Bonchev–Trinajstić information content (AvgIpc) is 2.68. The summed E-state index contributed by atoms with van der Waals surface area (Å²) in [6, 6.07) is 6.91. The van der Waals surface area contributed by atoms with Crippen LogP contribution >= 0.6 is 0 Å². The van der Waals surface area contributed by atoms with Crippen LogP contribution in [0.3, 0.4) is 0 Å². The Morgan fingerprint density at radius 2 is 1.81 bits per heavy atom. The molecule has 3 rings (SSSR count). The van der Waals surface area contributed by atoms with Gasteiger partial charge in [-0.05, 0) is 30.7 Å². The zero-order valence-corrected chi connectivity index (χ0v) is 16.9. The smallest absolute Gasteiger partial charge is 0.243 e. The second-order valence-corrected chi connectivity index (χ2v) is 8.63. The minimum Gasteiger partial charge on any atom is -0.496 e. The van der Waals surface area contributed by atoms with E-state index in [-0.39, 0.29) is 0 Å². The van der Waals surface area contributed by atoms with Crippen molar-refractivity contribution < 1.29 is 13.2 Å². The summed E-state index contributed by atoms with van der Waals surface area (Å²) >= 11 is 0. The third kappa shape index (κ3) is 3.98. The van der Waals surface area contributed by atoms with Gasteiger partial charge in [-0.2, -0.15) is 9.40 Å². The molecule has 0 bridgehead atoms. The number of nitrogens with zero attached hydrogens (tertiary/aromatic N) is 5. The molecular weight excluding hydrogens is 366 g/mol. The maximum absolute atomic E-state index is 13.0. The molecule has 146 valence electrons. The quantitative estimate of drug-likeness (QED) is 0.762. The normalized spacial score (nSPS) is 15.6. The molecule has 0 atom stereocenters. The van der Waals surface area contributed by atoms with Gasteiger partial charge in [0.25, 0.3) is 0 Å². The molecule has 1 aromatic carbocycles. The van der Waals surface area contributed by atoms with Crippen molar-refractivity contribution in [3.8, 4) is 5.75 Å². The Morgan fingerprint density at radius 1 is 1.11 bits per heavy atom. The zero-order valence-electron chi connectivity index (χ0n) is 16.1. The summed E-state index contributed by atoms with van der Waals surface area (Å²) in [5.41, 5.74) is 1.76. The van der Waals surface area contributed by atoms with Gasteiger partial charge in [0.15, 0.2) is 5.82 Å². The lowest BCUT2D eigenvalue weighted by Gasteiger charge is -2.34. The van der Waals surface area contributed by atoms with Gasteiger partial charge < -0.3 is 14.5 Å². The first-order valence-electron chi connectivity index (χ1n) is 8.72. The van der Waals surface area contributed by atoms with E-state index in [1.165, 1.54) is 4.31 Å². The Bertz CT molecular complexity index is 909. The summed E-state index contributed by atoms with van der Waals surface area (Å²) in [7, 11) is 1.94. The van der Waals surface area contributed by atoms with Crippen molar-refractivity contribution in [2.75, 3.05) is 57.2 Å². The van der Waals surface area contributed by atoms with Crippen molar-refractivity contribution in [2.45, 2.75) is 11.8 Å². The maximum Gasteiger partial charge on any atom is 0.243 e. The first-order valence-corrected chi connectivity index (χ1v) is 10.2. The van der Waals surface area contributed by atoms with Crippen LogP contribution in [0.1, 0.15) is 5.56 Å². The molecule has 1 fully saturated rings. The minimum absolute atomic E-state index is 0.295. The van der Waals surface area contributed by atoms with E-state index in [2.05, 4.69) is 15.1 Å². The highest BCUT2D eigenvalue weighted by Crippen LogP contribution is 2.25. The summed E-state index contributed by atoms with van der Waals surface area (Å²) in [4.78, 5) is 4.32. The Kier molecular flexibility index (Phi) is 5.52. The Hall–Kier alpha value is -2.39. The molecule has 9 heteroatoms. The van der Waals surface area contributed by atoms with Crippen molar-refractivity contribution in [3.05, 3.63) is 36.0 Å². The lowest BCUT2D eigenvalue weighted by atomic mass is 10.2. The summed E-state index contributed by atoms with van der Waals surface area (Å²) in [5, 5.41) is 8.23. The maximum atomic E-state index is 13.0. The monoisotopic (exact) mass is 391 g/mol. The van der Waals surface area contributed by atoms with Crippen LogP contribution in [-0.4, -0.2) is 70.3 Å². The number of aryl methyl sites for hydroxylation is 1. The van der Waals surface area contributed by atoms with E-state index >= 15 is 0 Å². The molecule has 1 saturated heterocycles. The molecule has 8 nitrogen and oxygen atoms in total. The van der Waals surface area contributed by atoms with Gasteiger partial charge >= 0.3 is 0 Å². The second kappa shape index (κ2) is 7.69. The van der Waals surface area contributed by atoms with Gasteiger partial charge in [0.05, 0.1) is 23.9 Å². The molecule has 1 aliphatic heterocycles. The number of methoxy groups -OCH3 is 1. The summed E-state index contributed by atoms with van der Waals surface area (Å²) in [6.07, 6.45) is 1.70. The van der Waals surface area contributed by atoms with Crippen molar-refractivity contribution in [1.82, 2.24) is 14.5 Å². The molecule has 1 aliphatic rings. The van der Waals surface area contributed by atoms with Crippen LogP contribution in [0.4, 0.5) is 11.5 Å². The van der Waals surface area contributed by atoms with Crippen molar-refractivity contribution in [1.29, 1.82) is 0 Å². The van der Waals surface area contributed by atoms with E-state index in [0.29, 0.717) is 36.8 Å². The average molecular weight is 391 g/mol. The number of benzene rings is 1. The van der Waals surface area contributed by atoms with Crippen LogP contribution < -0.4 is 14.5 Å². The van der Waals surface area contributed by atoms with E-state index < -0.39 is 10.0 Å².